The summed E-state index contributed by atoms with van der Waals surface area (Å²) in [6.07, 6.45) is -3.77. The van der Waals surface area contributed by atoms with Gasteiger partial charge in [0.25, 0.3) is 0 Å². The minimum Gasteiger partial charge on any atom is -0.458 e. The summed E-state index contributed by atoms with van der Waals surface area (Å²) in [5, 5.41) is 1.13. The van der Waals surface area contributed by atoms with Crippen molar-refractivity contribution in [3.63, 3.8) is 0 Å². The molecule has 1 saturated heterocycles. The van der Waals surface area contributed by atoms with Crippen molar-refractivity contribution in [2.75, 3.05) is 0 Å². The van der Waals surface area contributed by atoms with E-state index in [1.54, 1.807) is 19.1 Å². The third-order valence-electron chi connectivity index (χ3n) is 4.30. The molecule has 1 aromatic carbocycles. The summed E-state index contributed by atoms with van der Waals surface area (Å²) in [5.74, 6) is -2.17. The Hall–Kier alpha value is -1.58. The van der Waals surface area contributed by atoms with Crippen LogP contribution < -0.4 is 0 Å². The van der Waals surface area contributed by atoms with Gasteiger partial charge in [0, 0.05) is 37.0 Å². The average Bonchev–Trinajstić information content (AvgIpc) is 2.60. The molecule has 1 unspecified atom stereocenters. The molecule has 0 spiro atoms. The van der Waals surface area contributed by atoms with Crippen LogP contribution in [0.25, 0.3) is 0 Å². The zero-order chi connectivity index (χ0) is 21.0. The molecule has 5 atom stereocenters. The zero-order valence-corrected chi connectivity index (χ0v) is 18.3. The molecule has 0 N–H and O–H groups in total. The number of hydrogen-bond acceptors (Lipinski definition) is 7. The van der Waals surface area contributed by atoms with Crippen LogP contribution in [0.1, 0.15) is 44.9 Å². The standard InChI is InChI=1S/C19H22BrClO7.BH4/c1-9-16(13-5-6-15(21)14(7-13)8-20)28-19(27-12(4)24)18(26-11(3)23)17(9)25-10(2)22;/h5-7,9,16-19H,8H2,1-4H3;1H4/q;-1/t9-,16+,17+,18-,19?;/m0./s1. The van der Waals surface area contributed by atoms with Gasteiger partial charge in [0.05, 0.1) is 6.10 Å². The summed E-state index contributed by atoms with van der Waals surface area (Å²) in [6, 6.07) is 5.39. The van der Waals surface area contributed by atoms with Crippen LogP contribution in [0.2, 0.25) is 5.02 Å². The van der Waals surface area contributed by atoms with E-state index in [1.165, 1.54) is 20.8 Å². The second-order valence-corrected chi connectivity index (χ2v) is 7.49. The molecule has 10 heteroatoms. The van der Waals surface area contributed by atoms with E-state index in [4.69, 9.17) is 30.5 Å². The van der Waals surface area contributed by atoms with Crippen LogP contribution in [0, 0.1) is 5.92 Å². The number of ether oxygens (including phenoxy) is 4. The molecule has 0 aliphatic carbocycles. The van der Waals surface area contributed by atoms with Gasteiger partial charge in [-0.2, -0.15) is 0 Å². The van der Waals surface area contributed by atoms with Crippen LogP contribution in [0.5, 0.6) is 0 Å². The quantitative estimate of drug-likeness (QED) is 0.270. The predicted octanol–water partition coefficient (Wildman–Crippen LogP) is 2.24. The number of carbonyl (C=O) groups is 3. The van der Waals surface area contributed by atoms with Crippen LogP contribution in [-0.4, -0.2) is 44.8 Å². The molecule has 0 radical (unpaired) electrons. The first-order valence-corrected chi connectivity index (χ1v) is 10.1. The van der Waals surface area contributed by atoms with Gasteiger partial charge in [0.2, 0.25) is 12.4 Å². The van der Waals surface area contributed by atoms with E-state index < -0.39 is 48.4 Å². The highest BCUT2D eigenvalue weighted by atomic mass is 79.9. The lowest BCUT2D eigenvalue weighted by atomic mass is 9.86. The minimum atomic E-state index is -1.23. The Labute approximate surface area is 185 Å². The number of esters is 3. The van der Waals surface area contributed by atoms with Crippen molar-refractivity contribution < 1.29 is 33.3 Å². The second-order valence-electron chi connectivity index (χ2n) is 6.53. The zero-order valence-electron chi connectivity index (χ0n) is 15.9. The SMILES string of the molecule is CC(=O)OC1O[C@@H](c2ccc(Cl)c(CBr)c2)[C@H](C)[C@@H](OC(C)=O)[C@@H]1OC(C)=O.[BH4-]. The highest BCUT2D eigenvalue weighted by molar-refractivity contribution is 9.08. The minimum absolute atomic E-state index is 0. The molecule has 162 valence electrons. The number of carbonyl (C=O) groups excluding carboxylic acids is 3. The second kappa shape index (κ2) is 11.0. The van der Waals surface area contributed by atoms with E-state index in [-0.39, 0.29) is 8.41 Å². The van der Waals surface area contributed by atoms with Crippen molar-refractivity contribution in [3.05, 3.63) is 34.3 Å². The maximum absolute atomic E-state index is 11.7. The number of alkyl halides is 1. The lowest BCUT2D eigenvalue weighted by molar-refractivity contribution is -0.283. The average molecular weight is 493 g/mol. The van der Waals surface area contributed by atoms with Crippen molar-refractivity contribution in [2.45, 2.75) is 57.6 Å². The van der Waals surface area contributed by atoms with Gasteiger partial charge in [0.1, 0.15) is 0 Å². The smallest absolute Gasteiger partial charge is 0.305 e. The van der Waals surface area contributed by atoms with Gasteiger partial charge in [-0.1, -0.05) is 55.0 Å². The van der Waals surface area contributed by atoms with E-state index in [9.17, 15) is 14.4 Å². The summed E-state index contributed by atoms with van der Waals surface area (Å²) in [4.78, 5) is 34.8. The van der Waals surface area contributed by atoms with Gasteiger partial charge in [-0.05, 0) is 17.2 Å². The maximum atomic E-state index is 11.7. The van der Waals surface area contributed by atoms with Crippen LogP contribution in [0.15, 0.2) is 18.2 Å². The third kappa shape index (κ3) is 6.45. The largest absolute Gasteiger partial charge is 0.458 e. The number of hydrogen-bond donors (Lipinski definition) is 0. The molecular formula is C19H26BBrClO7-. The Morgan fingerprint density at radius 3 is 2.10 bits per heavy atom. The predicted molar refractivity (Wildman–Crippen MR) is 115 cm³/mol. The molecule has 1 aliphatic rings. The fraction of sp³-hybridized carbons (Fsp3) is 0.526. The molecule has 0 bridgehead atoms. The molecule has 1 fully saturated rings. The molecule has 1 aromatic rings. The molecule has 7 nitrogen and oxygen atoms in total. The molecule has 0 amide bonds. The monoisotopic (exact) mass is 491 g/mol. The van der Waals surface area contributed by atoms with Crippen LogP contribution >= 0.6 is 27.5 Å². The van der Waals surface area contributed by atoms with Crippen molar-refractivity contribution in [1.29, 1.82) is 0 Å². The van der Waals surface area contributed by atoms with E-state index >= 15 is 0 Å². The summed E-state index contributed by atoms with van der Waals surface area (Å²) < 4.78 is 22.0. The molecule has 2 rings (SSSR count). The van der Waals surface area contributed by atoms with Crippen LogP contribution in [-0.2, 0) is 38.7 Å². The highest BCUT2D eigenvalue weighted by Crippen LogP contribution is 2.40. The Balaban J connectivity index is 0.00000420. The van der Waals surface area contributed by atoms with E-state index in [2.05, 4.69) is 15.9 Å². The topological polar surface area (TPSA) is 88.1 Å². The number of halogens is 2. The Morgan fingerprint density at radius 2 is 1.59 bits per heavy atom. The third-order valence-corrected chi connectivity index (χ3v) is 5.27. The summed E-state index contributed by atoms with van der Waals surface area (Å²) in [7, 11) is 0. The normalized spacial score (nSPS) is 26.1. The van der Waals surface area contributed by atoms with Crippen LogP contribution in [0.3, 0.4) is 0 Å². The Bertz CT molecular complexity index is 760. The highest BCUT2D eigenvalue weighted by Gasteiger charge is 2.50. The van der Waals surface area contributed by atoms with Crippen molar-refractivity contribution in [1.82, 2.24) is 0 Å². The van der Waals surface area contributed by atoms with Gasteiger partial charge in [-0.25, -0.2) is 0 Å². The van der Waals surface area contributed by atoms with E-state index in [0.717, 1.165) is 11.1 Å². The van der Waals surface area contributed by atoms with Gasteiger partial charge in [-0.15, -0.1) is 0 Å². The fourth-order valence-electron chi connectivity index (χ4n) is 3.17. The first-order valence-electron chi connectivity index (χ1n) is 8.65. The molecule has 0 aromatic heterocycles. The molecule has 0 saturated carbocycles. The van der Waals surface area contributed by atoms with E-state index in [1.807, 2.05) is 6.07 Å². The summed E-state index contributed by atoms with van der Waals surface area (Å²) >= 11 is 9.57. The molecule has 29 heavy (non-hydrogen) atoms. The fourth-order valence-corrected chi connectivity index (χ4v) is 3.98. The van der Waals surface area contributed by atoms with Crippen LogP contribution in [0.4, 0.5) is 0 Å². The van der Waals surface area contributed by atoms with Gasteiger partial charge in [0.15, 0.2) is 6.10 Å². The summed E-state index contributed by atoms with van der Waals surface area (Å²) in [5.41, 5.74) is 1.62. The summed E-state index contributed by atoms with van der Waals surface area (Å²) in [6.45, 7) is 5.50. The number of benzene rings is 1. The maximum Gasteiger partial charge on any atom is 0.305 e. The Kier molecular flexibility index (Phi) is 9.65. The molecular weight excluding hydrogens is 466 g/mol. The Morgan fingerprint density at radius 1 is 1.03 bits per heavy atom. The first kappa shape index (κ1) is 25.5. The van der Waals surface area contributed by atoms with Gasteiger partial charge in [-0.3, -0.25) is 14.4 Å². The van der Waals surface area contributed by atoms with Crippen molar-refractivity contribution >= 4 is 53.9 Å². The lowest BCUT2D eigenvalue weighted by Gasteiger charge is -2.43. The van der Waals surface area contributed by atoms with Gasteiger partial charge < -0.3 is 18.9 Å². The molecule has 1 aliphatic heterocycles. The molecule has 1 heterocycles. The van der Waals surface area contributed by atoms with Gasteiger partial charge >= 0.3 is 17.9 Å². The van der Waals surface area contributed by atoms with Crippen molar-refractivity contribution in [3.8, 4) is 0 Å². The number of rotatable bonds is 5. The lowest BCUT2D eigenvalue weighted by Crippen LogP contribution is -2.55. The van der Waals surface area contributed by atoms with Crippen molar-refractivity contribution in [2.24, 2.45) is 5.92 Å². The van der Waals surface area contributed by atoms with E-state index in [0.29, 0.717) is 10.4 Å². The first-order chi connectivity index (χ1) is 13.1.